The molecule has 0 aliphatic heterocycles. The number of hydrogen-bond donors (Lipinski definition) is 7. The number of benzene rings is 1. The molecule has 5 unspecified atom stereocenters. The number of aliphatic carboxylic acids is 1. The maximum atomic E-state index is 13.2. The summed E-state index contributed by atoms with van der Waals surface area (Å²) in [6.45, 7) is 3.63. The quantitative estimate of drug-likeness (QED) is 0.172. The number of carboxylic acids is 1. The third kappa shape index (κ3) is 8.68. The molecule has 1 heterocycles. The van der Waals surface area contributed by atoms with Gasteiger partial charge in [0.05, 0.1) is 12.4 Å². The average molecular weight is 519 g/mol. The number of carbonyl (C=O) groups is 4. The Morgan fingerprint density at radius 3 is 2.25 bits per heavy atom. The van der Waals surface area contributed by atoms with E-state index in [9.17, 15) is 24.3 Å². The van der Waals surface area contributed by atoms with Crippen LogP contribution in [0.5, 0.6) is 0 Å². The lowest BCUT2D eigenvalue weighted by atomic mass is 9.96. The number of aromatic amines is 1. The van der Waals surface area contributed by atoms with Gasteiger partial charge in [-0.25, -0.2) is 9.78 Å². The average Bonchev–Trinajstić information content (AvgIpc) is 3.38. The normalized spacial score (nSPS) is 15.1. The number of nitrogens with zero attached hydrogens (tertiary/aromatic N) is 1. The third-order valence-corrected chi connectivity index (χ3v) is 6.23. The van der Waals surface area contributed by atoms with Crippen LogP contribution in [0, 0.1) is 5.92 Å². The largest absolute Gasteiger partial charge is 0.480 e. The molecule has 0 radical (unpaired) electrons. The van der Waals surface area contributed by atoms with E-state index in [0.29, 0.717) is 12.1 Å². The van der Waals surface area contributed by atoms with Gasteiger partial charge in [0, 0.05) is 30.5 Å². The smallest absolute Gasteiger partial charge is 0.326 e. The Bertz CT molecular complexity index is 1000. The molecule has 2 rings (SSSR count). The highest BCUT2D eigenvalue weighted by Crippen LogP contribution is 2.11. The number of H-pyrrole nitrogens is 1. The van der Waals surface area contributed by atoms with Crippen LogP contribution in [0.4, 0.5) is 0 Å². The van der Waals surface area contributed by atoms with Gasteiger partial charge < -0.3 is 31.8 Å². The minimum absolute atomic E-state index is 0.0808. The molecule has 7 N–H and O–H groups in total. The van der Waals surface area contributed by atoms with Gasteiger partial charge in [0.15, 0.2) is 0 Å². The topological polar surface area (TPSA) is 179 Å². The van der Waals surface area contributed by atoms with Crippen LogP contribution in [-0.4, -0.2) is 68.7 Å². The first-order valence-electron chi connectivity index (χ1n) is 11.7. The van der Waals surface area contributed by atoms with Crippen LogP contribution >= 0.6 is 12.6 Å². The molecule has 5 atom stereocenters. The van der Waals surface area contributed by atoms with Crippen LogP contribution in [-0.2, 0) is 32.0 Å². The Hall–Kier alpha value is -3.38. The monoisotopic (exact) mass is 518 g/mol. The van der Waals surface area contributed by atoms with Crippen molar-refractivity contribution in [2.45, 2.75) is 57.3 Å². The molecule has 12 heteroatoms. The molecule has 0 fully saturated rings. The maximum absolute atomic E-state index is 13.2. The maximum Gasteiger partial charge on any atom is 0.326 e. The fourth-order valence-corrected chi connectivity index (χ4v) is 3.62. The molecule has 0 saturated carbocycles. The van der Waals surface area contributed by atoms with Gasteiger partial charge >= 0.3 is 5.97 Å². The first kappa shape index (κ1) is 28.9. The van der Waals surface area contributed by atoms with Gasteiger partial charge in [0.2, 0.25) is 17.7 Å². The first-order chi connectivity index (χ1) is 17.2. The van der Waals surface area contributed by atoms with Gasteiger partial charge in [-0.3, -0.25) is 14.4 Å². The Balaban J connectivity index is 2.19. The molecule has 1 aromatic carbocycles. The highest BCUT2D eigenvalue weighted by atomic mass is 32.1. The minimum atomic E-state index is -1.19. The highest BCUT2D eigenvalue weighted by molar-refractivity contribution is 7.80. The number of carbonyl (C=O) groups excluding carboxylic acids is 3. The summed E-state index contributed by atoms with van der Waals surface area (Å²) < 4.78 is 0. The summed E-state index contributed by atoms with van der Waals surface area (Å²) in [5, 5.41) is 17.5. The van der Waals surface area contributed by atoms with Crippen molar-refractivity contribution in [3.8, 4) is 0 Å². The van der Waals surface area contributed by atoms with Crippen molar-refractivity contribution in [3.05, 3.63) is 54.1 Å². The zero-order valence-corrected chi connectivity index (χ0v) is 21.2. The summed E-state index contributed by atoms with van der Waals surface area (Å²) in [6.07, 6.45) is 3.67. The first-order valence-corrected chi connectivity index (χ1v) is 12.3. The Kier molecular flexibility index (Phi) is 11.4. The van der Waals surface area contributed by atoms with Crippen LogP contribution in [0.25, 0.3) is 0 Å². The molecule has 0 saturated heterocycles. The summed E-state index contributed by atoms with van der Waals surface area (Å²) in [7, 11) is 0. The van der Waals surface area contributed by atoms with Crippen LogP contribution in [0.3, 0.4) is 0 Å². The molecule has 0 aliphatic rings. The zero-order valence-electron chi connectivity index (χ0n) is 20.3. The third-order valence-electron chi connectivity index (χ3n) is 5.84. The van der Waals surface area contributed by atoms with Crippen molar-refractivity contribution in [1.29, 1.82) is 0 Å². The van der Waals surface area contributed by atoms with E-state index < -0.39 is 47.9 Å². The molecule has 1 aromatic heterocycles. The Labute approximate surface area is 215 Å². The van der Waals surface area contributed by atoms with E-state index in [1.165, 1.54) is 12.5 Å². The van der Waals surface area contributed by atoms with E-state index in [2.05, 4.69) is 38.5 Å². The number of aromatic nitrogens is 2. The van der Waals surface area contributed by atoms with Gasteiger partial charge in [0.25, 0.3) is 0 Å². The molecular weight excluding hydrogens is 484 g/mol. The van der Waals surface area contributed by atoms with E-state index in [4.69, 9.17) is 5.73 Å². The molecule has 36 heavy (non-hydrogen) atoms. The lowest BCUT2D eigenvalue weighted by Gasteiger charge is -2.28. The summed E-state index contributed by atoms with van der Waals surface area (Å²) in [6, 6.07) is 4.74. The van der Waals surface area contributed by atoms with E-state index in [-0.39, 0.29) is 24.5 Å². The van der Waals surface area contributed by atoms with Crippen LogP contribution in [0.15, 0.2) is 42.9 Å². The van der Waals surface area contributed by atoms with E-state index >= 15 is 0 Å². The second-order valence-corrected chi connectivity index (χ2v) is 8.96. The Morgan fingerprint density at radius 1 is 1.03 bits per heavy atom. The summed E-state index contributed by atoms with van der Waals surface area (Å²) in [4.78, 5) is 57.5. The lowest BCUT2D eigenvalue weighted by molar-refractivity contribution is -0.142. The Morgan fingerprint density at radius 2 is 1.69 bits per heavy atom. The van der Waals surface area contributed by atoms with Gasteiger partial charge in [-0.2, -0.15) is 12.6 Å². The summed E-state index contributed by atoms with van der Waals surface area (Å²) in [5.74, 6) is -3.22. The van der Waals surface area contributed by atoms with Crippen molar-refractivity contribution in [2.75, 3.05) is 5.75 Å². The van der Waals surface area contributed by atoms with Crippen molar-refractivity contribution >= 4 is 36.3 Å². The number of hydrogen-bond acceptors (Lipinski definition) is 7. The summed E-state index contributed by atoms with van der Waals surface area (Å²) in [5.41, 5.74) is 7.08. The van der Waals surface area contributed by atoms with Gasteiger partial charge in [0.1, 0.15) is 18.1 Å². The number of nitrogens with two attached hydrogens (primary N) is 1. The van der Waals surface area contributed by atoms with E-state index in [0.717, 1.165) is 5.56 Å². The van der Waals surface area contributed by atoms with E-state index in [1.54, 1.807) is 31.2 Å². The van der Waals surface area contributed by atoms with Gasteiger partial charge in [-0.1, -0.05) is 50.6 Å². The minimum Gasteiger partial charge on any atom is -0.480 e. The number of rotatable bonds is 14. The number of carboxylic acid groups (broad SMARTS) is 1. The van der Waals surface area contributed by atoms with Crippen molar-refractivity contribution in [1.82, 2.24) is 25.9 Å². The van der Waals surface area contributed by atoms with Gasteiger partial charge in [-0.15, -0.1) is 0 Å². The van der Waals surface area contributed by atoms with Gasteiger partial charge in [-0.05, 0) is 11.5 Å². The molecule has 0 spiro atoms. The number of thiol groups is 1. The lowest BCUT2D eigenvalue weighted by Crippen LogP contribution is -2.59. The van der Waals surface area contributed by atoms with E-state index in [1.807, 2.05) is 13.0 Å². The molecule has 3 amide bonds. The second kappa shape index (κ2) is 14.2. The second-order valence-electron chi connectivity index (χ2n) is 8.59. The van der Waals surface area contributed by atoms with Crippen molar-refractivity contribution in [3.63, 3.8) is 0 Å². The predicted molar refractivity (Wildman–Crippen MR) is 137 cm³/mol. The molecule has 0 bridgehead atoms. The van der Waals surface area contributed by atoms with Crippen LogP contribution in [0.2, 0.25) is 0 Å². The predicted octanol–water partition coefficient (Wildman–Crippen LogP) is 0.0371. The number of imidazole rings is 1. The fraction of sp³-hybridized carbons (Fsp3) is 0.458. The molecular formula is C24H34N6O5S. The number of nitrogens with one attached hydrogen (secondary N) is 4. The SMILES string of the molecule is CCC(C)C(NC(=O)C(Cc1cnc[nH]1)NC(=O)C(N)CS)C(=O)NC(Cc1ccccc1)C(=O)O. The fourth-order valence-electron chi connectivity index (χ4n) is 3.45. The zero-order chi connectivity index (χ0) is 26.7. The summed E-state index contributed by atoms with van der Waals surface area (Å²) >= 11 is 4.02. The molecule has 196 valence electrons. The highest BCUT2D eigenvalue weighted by Gasteiger charge is 2.33. The van der Waals surface area contributed by atoms with Crippen molar-refractivity contribution < 1.29 is 24.3 Å². The molecule has 2 aromatic rings. The van der Waals surface area contributed by atoms with Crippen molar-refractivity contribution in [2.24, 2.45) is 11.7 Å². The van der Waals surface area contributed by atoms with Crippen LogP contribution in [0.1, 0.15) is 31.5 Å². The molecule has 0 aliphatic carbocycles. The standard InChI is InChI=1S/C24H34N6O5S/c1-3-14(2)20(23(33)29-19(24(34)35)9-15-7-5-4-6-8-15)30-22(32)18(10-16-11-26-13-27-16)28-21(31)17(25)12-36/h4-8,11,13-14,17-20,36H,3,9-10,12,25H2,1-2H3,(H,26,27)(H,28,31)(H,29,33)(H,30,32)(H,34,35). The van der Waals surface area contributed by atoms with Crippen LogP contribution < -0.4 is 21.7 Å². The molecule has 11 nitrogen and oxygen atoms in total. The number of amides is 3.